The Kier molecular flexibility index (Phi) is 9.80. The summed E-state index contributed by atoms with van der Waals surface area (Å²) < 4.78 is 28.2. The number of terminal acetylenes is 6. The van der Waals surface area contributed by atoms with Gasteiger partial charge in [-0.25, -0.2) is 0 Å². The fraction of sp³-hybridized carbons (Fsp3) is 0.125. The van der Waals surface area contributed by atoms with Gasteiger partial charge in [-0.3, -0.25) is 0 Å². The molecule has 54 heavy (non-hydrogen) atoms. The molecule has 0 saturated carbocycles. The fourth-order valence-electron chi connectivity index (χ4n) is 7.17. The van der Waals surface area contributed by atoms with Crippen LogP contribution in [0.1, 0.15) is 0 Å². The Morgan fingerprint density at radius 3 is 1.15 bits per heavy atom. The molecular weight excluding hydrogens is 669 g/mol. The van der Waals surface area contributed by atoms with Crippen molar-refractivity contribution < 1.29 is 18.9 Å². The average Bonchev–Trinajstić information content (AvgIpc) is 3.68. The summed E-state index contributed by atoms with van der Waals surface area (Å²) in [6, 6.07) is 27.6. The van der Waals surface area contributed by atoms with Gasteiger partial charge in [-0.2, -0.15) is 0 Å². The van der Waals surface area contributed by atoms with Crippen molar-refractivity contribution in [3.63, 3.8) is 0 Å². The second kappa shape index (κ2) is 15.2. The van der Waals surface area contributed by atoms with Crippen LogP contribution in [-0.4, -0.2) is 35.6 Å². The summed E-state index contributed by atoms with van der Waals surface area (Å²) in [5.74, 6) is 18.5. The zero-order chi connectivity index (χ0) is 37.6. The number of hydrogen-bond donors (Lipinski definition) is 0. The highest BCUT2D eigenvalue weighted by Crippen LogP contribution is 2.52. The van der Waals surface area contributed by atoms with Crippen molar-refractivity contribution in [2.45, 2.75) is 13.1 Å². The van der Waals surface area contributed by atoms with E-state index in [2.05, 4.69) is 44.7 Å². The van der Waals surface area contributed by atoms with Gasteiger partial charge in [0.15, 0.2) is 0 Å². The Morgan fingerprint density at radius 1 is 0.426 bits per heavy atom. The van der Waals surface area contributed by atoms with E-state index >= 15 is 0 Å². The molecule has 0 N–H and O–H groups in total. The van der Waals surface area contributed by atoms with Gasteiger partial charge in [0.05, 0.1) is 35.2 Å². The van der Waals surface area contributed by atoms with E-state index in [4.69, 9.17) is 57.5 Å². The molecule has 0 unspecified atom stereocenters. The molecule has 0 bridgehead atoms. The third-order valence-electron chi connectivity index (χ3n) is 9.08. The van der Waals surface area contributed by atoms with Crippen molar-refractivity contribution in [3.8, 4) is 119 Å². The molecule has 258 valence electrons. The molecule has 0 aliphatic heterocycles. The summed E-state index contributed by atoms with van der Waals surface area (Å²) in [6.45, 7) is 0.967. The van der Waals surface area contributed by atoms with Crippen LogP contribution >= 0.6 is 0 Å². The molecule has 6 nitrogen and oxygen atoms in total. The van der Waals surface area contributed by atoms with Crippen LogP contribution in [0.15, 0.2) is 84.9 Å². The summed E-state index contributed by atoms with van der Waals surface area (Å²) in [6.07, 6.45) is 34.7. The van der Waals surface area contributed by atoms with Crippen LogP contribution in [0, 0.1) is 74.1 Å². The van der Waals surface area contributed by atoms with Gasteiger partial charge in [-0.15, -0.1) is 38.5 Å². The van der Waals surface area contributed by atoms with Gasteiger partial charge < -0.3 is 28.1 Å². The molecule has 5 aromatic carbocycles. The first-order valence-electron chi connectivity index (χ1n) is 17.0. The highest BCUT2D eigenvalue weighted by Gasteiger charge is 2.28. The summed E-state index contributed by atoms with van der Waals surface area (Å²) in [5.41, 5.74) is 7.13. The molecule has 2 aromatic heterocycles. The van der Waals surface area contributed by atoms with E-state index in [1.54, 1.807) is 0 Å². The lowest BCUT2D eigenvalue weighted by molar-refractivity contribution is 0.370. The zero-order valence-electron chi connectivity index (χ0n) is 29.3. The van der Waals surface area contributed by atoms with E-state index in [9.17, 15) is 0 Å². The van der Waals surface area contributed by atoms with E-state index in [1.165, 1.54) is 0 Å². The SMILES string of the molecule is C#CCOc1cccc(-c2c3c4cc(OCC#C)ccc4n(CC#C)c3c(-c3cccc(OCC#C)c3)c3c4cc(OCC#C)ccc4n(CC#C)c23)c1. The lowest BCUT2D eigenvalue weighted by Crippen LogP contribution is -2.01. The van der Waals surface area contributed by atoms with Gasteiger partial charge in [-0.05, 0) is 71.8 Å². The van der Waals surface area contributed by atoms with Crippen LogP contribution in [0.25, 0.3) is 65.9 Å². The van der Waals surface area contributed by atoms with Crippen LogP contribution in [0.2, 0.25) is 0 Å². The topological polar surface area (TPSA) is 46.8 Å². The molecule has 7 rings (SSSR count). The van der Waals surface area contributed by atoms with E-state index in [0.29, 0.717) is 23.0 Å². The van der Waals surface area contributed by atoms with Crippen LogP contribution in [0.5, 0.6) is 23.0 Å². The van der Waals surface area contributed by atoms with Crippen molar-refractivity contribution in [2.75, 3.05) is 26.4 Å². The minimum atomic E-state index is 0.107. The largest absolute Gasteiger partial charge is 0.481 e. The lowest BCUT2D eigenvalue weighted by atomic mass is 9.89. The van der Waals surface area contributed by atoms with Crippen LogP contribution in [0.4, 0.5) is 0 Å². The molecule has 0 radical (unpaired) electrons. The molecule has 0 fully saturated rings. The second-order valence-corrected chi connectivity index (χ2v) is 12.2. The summed E-state index contributed by atoms with van der Waals surface area (Å²) in [4.78, 5) is 0. The molecule has 0 aliphatic carbocycles. The van der Waals surface area contributed by atoms with Crippen LogP contribution < -0.4 is 18.9 Å². The predicted octanol–water partition coefficient (Wildman–Crippen LogP) is 8.55. The van der Waals surface area contributed by atoms with Gasteiger partial charge in [-0.1, -0.05) is 59.8 Å². The zero-order valence-corrected chi connectivity index (χ0v) is 29.3. The van der Waals surface area contributed by atoms with E-state index in [-0.39, 0.29) is 39.5 Å². The Labute approximate surface area is 314 Å². The monoisotopic (exact) mass is 700 g/mol. The number of fused-ring (bicyclic) bond motifs is 6. The van der Waals surface area contributed by atoms with Crippen LogP contribution in [0.3, 0.4) is 0 Å². The molecule has 6 heteroatoms. The van der Waals surface area contributed by atoms with E-state index in [0.717, 1.165) is 65.9 Å². The molecule has 2 heterocycles. The van der Waals surface area contributed by atoms with E-state index in [1.807, 2.05) is 84.9 Å². The summed E-state index contributed by atoms with van der Waals surface area (Å²) in [5, 5.41) is 3.64. The molecule has 0 spiro atoms. The Hall–Kier alpha value is -7.74. The van der Waals surface area contributed by atoms with Gasteiger partial charge in [0.25, 0.3) is 0 Å². The first-order valence-corrected chi connectivity index (χ1v) is 17.0. The third kappa shape index (κ3) is 6.13. The summed E-state index contributed by atoms with van der Waals surface area (Å²) in [7, 11) is 0. The number of hydrogen-bond acceptors (Lipinski definition) is 4. The highest BCUT2D eigenvalue weighted by atomic mass is 16.5. The number of aromatic nitrogens is 2. The van der Waals surface area contributed by atoms with Gasteiger partial charge >= 0.3 is 0 Å². The standard InChI is InChI=1S/C48H32N2O4/c1-7-23-49-41-21-19-37(53-27-11-5)31-39(41)45-44(34-16-14-18-36(30-34)52-26-10-4)48-46(43(47(45)49)33-15-13-17-35(29-33)51-25-9-3)40-32-38(54-28-12-6)20-22-42(40)50(48)24-8-2/h1-6,13-22,29-32H,23-28H2. The lowest BCUT2D eigenvalue weighted by Gasteiger charge is -2.18. The van der Waals surface area contributed by atoms with Crippen molar-refractivity contribution in [1.29, 1.82) is 0 Å². The Balaban J connectivity index is 1.79. The third-order valence-corrected chi connectivity index (χ3v) is 9.08. The smallest absolute Gasteiger partial charge is 0.148 e. The van der Waals surface area contributed by atoms with E-state index < -0.39 is 0 Å². The van der Waals surface area contributed by atoms with Crippen molar-refractivity contribution in [1.82, 2.24) is 9.13 Å². The van der Waals surface area contributed by atoms with Gasteiger partial charge in [0.1, 0.15) is 49.4 Å². The average molecular weight is 701 g/mol. The first kappa shape index (κ1) is 34.7. The molecule has 0 saturated heterocycles. The number of rotatable bonds is 12. The number of nitrogens with zero attached hydrogens (tertiary/aromatic N) is 2. The van der Waals surface area contributed by atoms with Crippen molar-refractivity contribution in [2.24, 2.45) is 0 Å². The maximum absolute atomic E-state index is 6.15. The first-order chi connectivity index (χ1) is 26.6. The fourth-order valence-corrected chi connectivity index (χ4v) is 7.17. The summed E-state index contributed by atoms with van der Waals surface area (Å²) >= 11 is 0. The minimum absolute atomic E-state index is 0.107. The molecule has 0 atom stereocenters. The van der Waals surface area contributed by atoms with Crippen molar-refractivity contribution in [3.05, 3.63) is 84.9 Å². The molecule has 0 aliphatic rings. The molecule has 7 aromatic rings. The Morgan fingerprint density at radius 2 is 0.796 bits per heavy atom. The molecular formula is C48H32N2O4. The quantitative estimate of drug-likeness (QED) is 0.120. The highest BCUT2D eigenvalue weighted by molar-refractivity contribution is 6.32. The van der Waals surface area contributed by atoms with Gasteiger partial charge in [0, 0.05) is 32.7 Å². The predicted molar refractivity (Wildman–Crippen MR) is 218 cm³/mol. The normalized spacial score (nSPS) is 10.6. The van der Waals surface area contributed by atoms with Crippen molar-refractivity contribution >= 4 is 43.6 Å². The van der Waals surface area contributed by atoms with Crippen LogP contribution in [-0.2, 0) is 13.1 Å². The maximum atomic E-state index is 6.15. The minimum Gasteiger partial charge on any atom is -0.481 e. The number of ether oxygens (including phenoxy) is 4. The molecule has 0 amide bonds. The Bertz CT molecular complexity index is 2670. The number of benzene rings is 5. The van der Waals surface area contributed by atoms with Gasteiger partial charge in [0.2, 0.25) is 0 Å². The maximum Gasteiger partial charge on any atom is 0.148 e. The second-order valence-electron chi connectivity index (χ2n) is 12.2.